The monoisotopic (exact) mass is 1570 g/mol. The number of carbonyl (C=O) groups is 8. The van der Waals surface area contributed by atoms with Crippen molar-refractivity contribution in [3.8, 4) is 45.0 Å². The fourth-order valence-electron chi connectivity index (χ4n) is 14.9. The lowest BCUT2D eigenvalue weighted by molar-refractivity contribution is -0.136. The molecule has 8 aromatic rings. The molecule has 8 amide bonds. The predicted octanol–water partition coefficient (Wildman–Crippen LogP) is 13.7. The number of aromatic amines is 4. The zero-order valence-electron chi connectivity index (χ0n) is 63.2. The van der Waals surface area contributed by atoms with E-state index in [1.54, 1.807) is 58.9 Å². The first kappa shape index (κ1) is 78.2. The summed E-state index contributed by atoms with van der Waals surface area (Å²) in [6.07, 6.45) is 11.3. The summed E-state index contributed by atoms with van der Waals surface area (Å²) < 4.78 is 19.0. The van der Waals surface area contributed by atoms with E-state index in [1.807, 2.05) is 81.0 Å². The van der Waals surface area contributed by atoms with Gasteiger partial charge in [0.05, 0.1) is 100 Å². The molecular formula is C78H92N16O12S4. The molecule has 0 saturated carbocycles. The molecule has 6 aliphatic heterocycles. The quantitative estimate of drug-likeness (QED) is 0.0349. The van der Waals surface area contributed by atoms with Gasteiger partial charge in [0.2, 0.25) is 23.6 Å². The van der Waals surface area contributed by atoms with E-state index in [9.17, 15) is 38.4 Å². The van der Waals surface area contributed by atoms with Crippen LogP contribution in [0.1, 0.15) is 147 Å². The van der Waals surface area contributed by atoms with Gasteiger partial charge in [-0.2, -0.15) is 0 Å². The molecule has 110 heavy (non-hydrogen) atoms. The summed E-state index contributed by atoms with van der Waals surface area (Å²) in [5.74, 6) is 1.99. The average Bonchev–Trinajstić information content (AvgIpc) is 1.05. The second-order valence-electron chi connectivity index (χ2n) is 29.0. The van der Waals surface area contributed by atoms with Crippen molar-refractivity contribution in [1.29, 1.82) is 0 Å². The van der Waals surface area contributed by atoms with Crippen molar-refractivity contribution in [2.75, 3.05) is 54.6 Å². The van der Waals surface area contributed by atoms with Gasteiger partial charge in [0.15, 0.2) is 0 Å². The lowest BCUT2D eigenvalue weighted by Crippen LogP contribution is -2.51. The highest BCUT2D eigenvalue weighted by atomic mass is 32.2. The van der Waals surface area contributed by atoms with Crippen molar-refractivity contribution in [3.63, 3.8) is 0 Å². The van der Waals surface area contributed by atoms with E-state index in [0.717, 1.165) is 149 Å². The van der Waals surface area contributed by atoms with E-state index in [-0.39, 0.29) is 65.5 Å². The minimum atomic E-state index is -0.712. The van der Waals surface area contributed by atoms with Crippen LogP contribution in [0.4, 0.5) is 19.2 Å². The summed E-state index contributed by atoms with van der Waals surface area (Å²) in [7, 11) is 5.15. The van der Waals surface area contributed by atoms with Gasteiger partial charge in [-0.1, -0.05) is 113 Å². The predicted molar refractivity (Wildman–Crippen MR) is 415 cm³/mol. The molecule has 4 aromatic carbocycles. The molecule has 0 bridgehead atoms. The number of likely N-dealkylation sites (tertiary alicyclic amines) is 4. The van der Waals surface area contributed by atoms with Crippen molar-refractivity contribution in [2.45, 2.75) is 187 Å². The first-order valence-electron chi connectivity index (χ1n) is 37.1. The first-order chi connectivity index (χ1) is 53.0. The lowest BCUT2D eigenvalue weighted by Gasteiger charge is -2.30. The number of aromatic nitrogens is 8. The number of benzene rings is 4. The van der Waals surface area contributed by atoms with Gasteiger partial charge in [0, 0.05) is 87.6 Å². The number of carbonyl (C=O) groups excluding carboxylic acids is 8. The topological polar surface area (TPSA) is 349 Å². The van der Waals surface area contributed by atoms with Gasteiger partial charge in [-0.15, -0.1) is 0 Å². The molecule has 8 atom stereocenters. The molecule has 0 aliphatic carbocycles. The molecule has 32 heteroatoms. The largest absolute Gasteiger partial charge is 0.453 e. The maximum Gasteiger partial charge on any atom is 0.407 e. The average molecular weight is 1570 g/mol. The van der Waals surface area contributed by atoms with E-state index in [0.29, 0.717) is 26.2 Å². The molecule has 4 fully saturated rings. The molecule has 8 N–H and O–H groups in total. The Morgan fingerprint density at radius 2 is 0.591 bits per heavy atom. The first-order valence-corrected chi connectivity index (χ1v) is 40.3. The molecule has 0 radical (unpaired) electrons. The summed E-state index contributed by atoms with van der Waals surface area (Å²) in [6, 6.07) is 21.9. The maximum absolute atomic E-state index is 13.6. The van der Waals surface area contributed by atoms with Crippen LogP contribution in [0, 0.1) is 17.8 Å². The second kappa shape index (κ2) is 34.1. The number of rotatable bonds is 19. The molecule has 28 nitrogen and oxygen atoms in total. The third-order valence-corrected chi connectivity index (χ3v) is 25.8. The molecule has 10 heterocycles. The van der Waals surface area contributed by atoms with E-state index in [2.05, 4.69) is 124 Å². The van der Waals surface area contributed by atoms with Crippen molar-refractivity contribution in [3.05, 3.63) is 121 Å². The normalized spacial score (nSPS) is 18.8. The Balaban J connectivity index is 0.000000193. The van der Waals surface area contributed by atoms with Crippen LogP contribution < -0.4 is 21.3 Å². The molecule has 580 valence electrons. The Bertz CT molecular complexity index is 4620. The van der Waals surface area contributed by atoms with Crippen LogP contribution in [-0.4, -0.2) is 186 Å². The highest BCUT2D eigenvalue weighted by molar-refractivity contribution is 8.05. The van der Waals surface area contributed by atoms with Gasteiger partial charge in [-0.3, -0.25) is 19.2 Å². The van der Waals surface area contributed by atoms with Gasteiger partial charge in [-0.05, 0) is 125 Å². The van der Waals surface area contributed by atoms with Gasteiger partial charge >= 0.3 is 24.4 Å². The standard InChI is InChI=1S/C40H48N8O6S2.C38H44N8O6S2/c1-21(2)33(45-39(51)53-5)37(49)47-15-7-9-27(47)35-41-19-25(43-35)23-11-13-29-31(17-23)55-30-14-12-24(18-32(30)56-29)26-20-42-36(44-26)28-10-8-16-48(28)38(50)34(22(3)4)46-40(52)54-6;1-20(2)32(44-38(50)52-5)36(48)46-15-7-9-27(46)34-40-19-25(43-34)23-11-13-29-31(17-23)54-30-16-22(10-12-28(30)53-29)24-18-39-33(42-24)26-8-6-14-45(26)35(47)21(3)41-37(49)51-4/h11-14,17-22,27-28,33-34H,7-10,15-16H2,1-6H3,(H,41,43)(H,42,44)(H,45,51)(H,46,52);10-13,16-21,26-27,32H,6-9,14-15H2,1-5H3,(H,39,42)(H,40,43)(H,41,49)(H,44,50)/t27-,28-,33-,34-;21-,26-,27-,32-/m00/s1. The zero-order chi connectivity index (χ0) is 77.8. The number of hydrogen-bond acceptors (Lipinski definition) is 20. The molecule has 14 rings (SSSR count). The maximum atomic E-state index is 13.6. The number of hydrogen-bond donors (Lipinski definition) is 8. The van der Waals surface area contributed by atoms with E-state index >= 15 is 0 Å². The second-order valence-corrected chi connectivity index (χ2v) is 33.3. The highest BCUT2D eigenvalue weighted by Crippen LogP contribution is 2.52. The SMILES string of the molecule is COC(=O)N[C@@H](C)C(=O)N1CCC[C@H]1c1ncc(-c2ccc3c(c2)Sc2cc(-c4cnc([C@@H]5CCCN5C(=O)[C@@H](NC(=O)OC)C(C)C)[nH]4)ccc2S3)[nH]1.COC(=O)N[C@H](C(=O)N1CCC[C@H]1c1ncc(-c2ccc3c(c2)Sc2ccc(-c4cnc([C@@H]5CCCN5C(=O)[C@@H](NC(=O)OC)C(C)C)[nH]4)cc2S3)[nH]1)C(C)C. The van der Waals surface area contributed by atoms with Gasteiger partial charge < -0.3 is 79.8 Å². The molecule has 6 aliphatic rings. The van der Waals surface area contributed by atoms with Gasteiger partial charge in [0.1, 0.15) is 47.5 Å². The summed E-state index contributed by atoms with van der Waals surface area (Å²) >= 11 is 6.88. The van der Waals surface area contributed by atoms with Crippen LogP contribution in [0.25, 0.3) is 45.0 Å². The summed E-state index contributed by atoms with van der Waals surface area (Å²) in [6.45, 7) is 15.5. The summed E-state index contributed by atoms with van der Waals surface area (Å²) in [5.41, 5.74) is 7.47. The molecule has 4 aromatic heterocycles. The smallest absolute Gasteiger partial charge is 0.407 e. The fraction of sp³-hybridized carbons (Fsp3) is 0.436. The summed E-state index contributed by atoms with van der Waals surface area (Å²) in [5, 5.41) is 10.7. The van der Waals surface area contributed by atoms with E-state index in [4.69, 9.17) is 29.2 Å². The van der Waals surface area contributed by atoms with Crippen molar-refractivity contribution in [2.24, 2.45) is 17.8 Å². The molecular weight excluding hydrogens is 1480 g/mol. The minimum Gasteiger partial charge on any atom is -0.453 e. The number of imidazole rings is 4. The lowest BCUT2D eigenvalue weighted by atomic mass is 10.0. The summed E-state index contributed by atoms with van der Waals surface area (Å²) in [4.78, 5) is 151. The Hall–Kier alpha value is -9.92. The number of nitrogens with zero attached hydrogens (tertiary/aromatic N) is 8. The number of fused-ring (bicyclic) bond motifs is 4. The van der Waals surface area contributed by atoms with Crippen LogP contribution in [0.15, 0.2) is 137 Å². The Kier molecular flexibility index (Phi) is 24.3. The van der Waals surface area contributed by atoms with E-state index in [1.165, 1.54) is 38.2 Å². The van der Waals surface area contributed by atoms with Crippen molar-refractivity contribution in [1.82, 2.24) is 80.7 Å². The number of alkyl carbamates (subject to hydrolysis) is 4. The number of methoxy groups -OCH3 is 4. The fourth-order valence-corrected chi connectivity index (χ4v) is 19.4. The zero-order valence-corrected chi connectivity index (χ0v) is 66.4. The number of amides is 8. The van der Waals surface area contributed by atoms with Crippen LogP contribution in [0.5, 0.6) is 0 Å². The molecule has 4 saturated heterocycles. The number of ether oxygens (including phenoxy) is 4. The molecule has 0 unspecified atom stereocenters. The van der Waals surface area contributed by atoms with Crippen LogP contribution in [0.2, 0.25) is 0 Å². The minimum absolute atomic E-state index is 0.106. The third-order valence-electron chi connectivity index (χ3n) is 20.8. The third kappa shape index (κ3) is 16.9. The van der Waals surface area contributed by atoms with E-state index < -0.39 is 48.5 Å². The van der Waals surface area contributed by atoms with Gasteiger partial charge in [-0.25, -0.2) is 39.1 Å². The Labute approximate surface area is 654 Å². The highest BCUT2D eigenvalue weighted by Gasteiger charge is 2.42. The number of nitrogens with one attached hydrogen (secondary N) is 8. The van der Waals surface area contributed by atoms with Gasteiger partial charge in [0.25, 0.3) is 0 Å². The van der Waals surface area contributed by atoms with Crippen molar-refractivity contribution >= 4 is 95.0 Å². The van der Waals surface area contributed by atoms with Crippen LogP contribution in [0.3, 0.4) is 0 Å². The molecule has 0 spiro atoms. The van der Waals surface area contributed by atoms with Crippen LogP contribution in [-0.2, 0) is 38.1 Å². The Morgan fingerprint density at radius 1 is 0.355 bits per heavy atom. The Morgan fingerprint density at radius 3 is 0.845 bits per heavy atom. The van der Waals surface area contributed by atoms with Crippen LogP contribution >= 0.6 is 47.0 Å². The number of H-pyrrole nitrogens is 4. The van der Waals surface area contributed by atoms with Crippen molar-refractivity contribution < 1.29 is 57.3 Å².